The van der Waals surface area contributed by atoms with Gasteiger partial charge in [0.1, 0.15) is 0 Å². The van der Waals surface area contributed by atoms with Gasteiger partial charge in [0.2, 0.25) is 0 Å². The number of hydrogen-bond donors (Lipinski definition) is 2. The number of hydrogen-bond acceptors (Lipinski definition) is 2. The van der Waals surface area contributed by atoms with Gasteiger partial charge in [-0.1, -0.05) is 13.3 Å². The molecule has 0 spiro atoms. The normalized spacial score (nSPS) is 30.5. The lowest BCUT2D eigenvalue weighted by Gasteiger charge is -2.37. The van der Waals surface area contributed by atoms with Crippen LogP contribution in [0, 0.1) is 5.41 Å². The summed E-state index contributed by atoms with van der Waals surface area (Å²) in [7, 11) is 2.06. The fourth-order valence-corrected chi connectivity index (χ4v) is 2.39. The molecule has 0 aromatic carbocycles. The third kappa shape index (κ3) is 2.46. The van der Waals surface area contributed by atoms with Crippen LogP contribution in [0.25, 0.3) is 0 Å². The quantitative estimate of drug-likeness (QED) is 0.666. The van der Waals surface area contributed by atoms with E-state index < -0.39 is 0 Å². The smallest absolute Gasteiger partial charge is 0.00200 e. The Kier molecular flexibility index (Phi) is 4.02. The average molecular weight is 170 g/mol. The van der Waals surface area contributed by atoms with Crippen LogP contribution in [-0.2, 0) is 0 Å². The Morgan fingerprint density at radius 3 is 2.83 bits per heavy atom. The molecule has 0 saturated carbocycles. The van der Waals surface area contributed by atoms with Crippen molar-refractivity contribution in [1.82, 2.24) is 10.6 Å². The molecule has 1 aliphatic rings. The Labute approximate surface area is 76.1 Å². The lowest BCUT2D eigenvalue weighted by atomic mass is 9.77. The van der Waals surface area contributed by atoms with Gasteiger partial charge in [0, 0.05) is 13.1 Å². The highest BCUT2D eigenvalue weighted by Gasteiger charge is 2.29. The van der Waals surface area contributed by atoms with Crippen LogP contribution in [0.5, 0.6) is 0 Å². The van der Waals surface area contributed by atoms with E-state index in [1.54, 1.807) is 0 Å². The van der Waals surface area contributed by atoms with E-state index in [9.17, 15) is 0 Å². The summed E-state index contributed by atoms with van der Waals surface area (Å²) < 4.78 is 0. The van der Waals surface area contributed by atoms with Crippen molar-refractivity contribution in [2.45, 2.75) is 32.6 Å². The fraction of sp³-hybridized carbons (Fsp3) is 1.00. The summed E-state index contributed by atoms with van der Waals surface area (Å²) in [6, 6.07) is 0. The van der Waals surface area contributed by atoms with Gasteiger partial charge < -0.3 is 10.6 Å². The van der Waals surface area contributed by atoms with Crippen LogP contribution < -0.4 is 10.6 Å². The molecule has 1 saturated heterocycles. The molecular weight excluding hydrogens is 148 g/mol. The van der Waals surface area contributed by atoms with Crippen molar-refractivity contribution in [2.75, 3.05) is 26.7 Å². The molecule has 1 unspecified atom stereocenters. The van der Waals surface area contributed by atoms with Crippen LogP contribution in [0.2, 0.25) is 0 Å². The summed E-state index contributed by atoms with van der Waals surface area (Å²) in [6.07, 6.45) is 5.42. The monoisotopic (exact) mass is 170 g/mol. The van der Waals surface area contributed by atoms with Crippen LogP contribution in [0.15, 0.2) is 0 Å². The van der Waals surface area contributed by atoms with E-state index in [1.165, 1.54) is 45.3 Å². The molecule has 72 valence electrons. The molecule has 12 heavy (non-hydrogen) atoms. The summed E-state index contributed by atoms with van der Waals surface area (Å²) in [4.78, 5) is 0. The maximum atomic E-state index is 3.51. The van der Waals surface area contributed by atoms with Gasteiger partial charge in [0.25, 0.3) is 0 Å². The Hall–Kier alpha value is -0.0800. The van der Waals surface area contributed by atoms with Crippen molar-refractivity contribution in [1.29, 1.82) is 0 Å². The highest BCUT2D eigenvalue weighted by Crippen LogP contribution is 2.30. The van der Waals surface area contributed by atoms with Crippen LogP contribution in [0.3, 0.4) is 0 Å². The molecule has 1 aliphatic heterocycles. The molecular formula is C10H22N2. The molecule has 2 heteroatoms. The molecule has 2 N–H and O–H groups in total. The topological polar surface area (TPSA) is 24.1 Å². The molecule has 0 radical (unpaired) electrons. The van der Waals surface area contributed by atoms with E-state index in [2.05, 4.69) is 24.6 Å². The predicted molar refractivity (Wildman–Crippen MR) is 53.4 cm³/mol. The van der Waals surface area contributed by atoms with Crippen molar-refractivity contribution in [3.05, 3.63) is 0 Å². The molecule has 1 heterocycles. The van der Waals surface area contributed by atoms with E-state index in [-0.39, 0.29) is 0 Å². The van der Waals surface area contributed by atoms with E-state index in [0.29, 0.717) is 5.41 Å². The summed E-state index contributed by atoms with van der Waals surface area (Å²) >= 11 is 0. The summed E-state index contributed by atoms with van der Waals surface area (Å²) in [6.45, 7) is 5.89. The van der Waals surface area contributed by atoms with Crippen molar-refractivity contribution in [3.8, 4) is 0 Å². The molecule has 0 aromatic heterocycles. The fourth-order valence-electron chi connectivity index (χ4n) is 2.39. The van der Waals surface area contributed by atoms with Gasteiger partial charge in [-0.15, -0.1) is 0 Å². The van der Waals surface area contributed by atoms with Gasteiger partial charge in [-0.25, -0.2) is 0 Å². The zero-order valence-corrected chi connectivity index (χ0v) is 8.45. The van der Waals surface area contributed by atoms with Crippen LogP contribution in [-0.4, -0.2) is 26.7 Å². The molecule has 1 atom stereocenters. The second kappa shape index (κ2) is 4.83. The second-order valence-electron chi connectivity index (χ2n) is 4.06. The van der Waals surface area contributed by atoms with Gasteiger partial charge in [-0.2, -0.15) is 0 Å². The predicted octanol–water partition coefficient (Wildman–Crippen LogP) is 1.38. The standard InChI is InChI=1S/C10H22N2/c1-3-5-10(8-11-2)6-4-7-12-9-10/h11-12H,3-9H2,1-2H3. The highest BCUT2D eigenvalue weighted by atomic mass is 14.9. The summed E-state index contributed by atoms with van der Waals surface area (Å²) in [5.41, 5.74) is 0.557. The number of piperidine rings is 1. The largest absolute Gasteiger partial charge is 0.319 e. The number of rotatable bonds is 4. The van der Waals surface area contributed by atoms with Crippen molar-refractivity contribution >= 4 is 0 Å². The van der Waals surface area contributed by atoms with Crippen LogP contribution in [0.4, 0.5) is 0 Å². The third-order valence-electron chi connectivity index (χ3n) is 2.89. The Balaban J connectivity index is 2.44. The first-order chi connectivity index (χ1) is 5.83. The first kappa shape index (κ1) is 10.0. The highest BCUT2D eigenvalue weighted by molar-refractivity contribution is 4.86. The van der Waals surface area contributed by atoms with Gasteiger partial charge in [0.05, 0.1) is 0 Å². The maximum Gasteiger partial charge on any atom is 0.00200 e. The molecule has 1 rings (SSSR count). The molecule has 0 aliphatic carbocycles. The van der Waals surface area contributed by atoms with Crippen molar-refractivity contribution in [3.63, 3.8) is 0 Å². The summed E-state index contributed by atoms with van der Waals surface area (Å²) in [5.74, 6) is 0. The molecule has 0 aromatic rings. The van der Waals surface area contributed by atoms with Gasteiger partial charge in [0.15, 0.2) is 0 Å². The van der Waals surface area contributed by atoms with E-state index in [0.717, 1.165) is 0 Å². The Bertz CT molecular complexity index is 101. The maximum absolute atomic E-state index is 3.51. The number of nitrogens with one attached hydrogen (secondary N) is 2. The van der Waals surface area contributed by atoms with Gasteiger partial charge in [-0.3, -0.25) is 0 Å². The molecule has 1 fully saturated rings. The molecule has 2 nitrogen and oxygen atoms in total. The van der Waals surface area contributed by atoms with Crippen molar-refractivity contribution in [2.24, 2.45) is 5.41 Å². The lowest BCUT2D eigenvalue weighted by molar-refractivity contribution is 0.187. The first-order valence-corrected chi connectivity index (χ1v) is 5.18. The van der Waals surface area contributed by atoms with Gasteiger partial charge in [-0.05, 0) is 38.3 Å². The summed E-state index contributed by atoms with van der Waals surface area (Å²) in [5, 5.41) is 6.83. The van der Waals surface area contributed by atoms with E-state index in [4.69, 9.17) is 0 Å². The molecule has 0 bridgehead atoms. The third-order valence-corrected chi connectivity index (χ3v) is 2.89. The van der Waals surface area contributed by atoms with Crippen LogP contribution >= 0.6 is 0 Å². The zero-order chi connectivity index (χ0) is 8.86. The van der Waals surface area contributed by atoms with E-state index in [1.807, 2.05) is 0 Å². The zero-order valence-electron chi connectivity index (χ0n) is 8.45. The van der Waals surface area contributed by atoms with E-state index >= 15 is 0 Å². The average Bonchev–Trinajstić information content (AvgIpc) is 2.07. The Morgan fingerprint density at radius 1 is 1.50 bits per heavy atom. The minimum atomic E-state index is 0.557. The van der Waals surface area contributed by atoms with Crippen molar-refractivity contribution < 1.29 is 0 Å². The molecule has 0 amide bonds. The minimum absolute atomic E-state index is 0.557. The lowest BCUT2D eigenvalue weighted by Crippen LogP contribution is -2.45. The first-order valence-electron chi connectivity index (χ1n) is 5.18. The second-order valence-corrected chi connectivity index (χ2v) is 4.06. The van der Waals surface area contributed by atoms with Crippen LogP contribution in [0.1, 0.15) is 32.6 Å². The SMILES string of the molecule is CCCC1(CNC)CCCNC1. The minimum Gasteiger partial charge on any atom is -0.319 e. The Morgan fingerprint density at radius 2 is 2.33 bits per heavy atom. The van der Waals surface area contributed by atoms with Gasteiger partial charge >= 0.3 is 0 Å².